The molecule has 2 N–H and O–H groups in total. The second-order valence-electron chi connectivity index (χ2n) is 8.61. The van der Waals surface area contributed by atoms with Gasteiger partial charge in [-0.05, 0) is 59.7 Å². The quantitative estimate of drug-likeness (QED) is 0.229. The highest BCUT2D eigenvalue weighted by Gasteiger charge is 2.14. The fourth-order valence-corrected chi connectivity index (χ4v) is 4.26. The molecule has 0 bridgehead atoms. The Balaban J connectivity index is 1.21. The number of hydrogen-bond acceptors (Lipinski definition) is 5. The van der Waals surface area contributed by atoms with E-state index >= 15 is 0 Å². The number of imidazole rings is 1. The van der Waals surface area contributed by atoms with Crippen LogP contribution >= 0.6 is 11.6 Å². The number of aromatic nitrogens is 3. The number of hydrogen-bond donors (Lipinski definition) is 2. The van der Waals surface area contributed by atoms with Crippen LogP contribution in [0.25, 0.3) is 33.7 Å². The van der Waals surface area contributed by atoms with Gasteiger partial charge < -0.3 is 19.5 Å². The molecule has 8 heteroatoms. The number of pyridine rings is 1. The summed E-state index contributed by atoms with van der Waals surface area (Å²) in [4.78, 5) is 24.8. The molecule has 0 spiro atoms. The standard InChI is InChI=1S/C30H21ClN4O3/c31-25-13-10-22(33-30(36)27-7-4-14-37-27)16-24(25)28-34-26-15-21(17-32-29(26)35-28)20-8-11-23(12-9-20)38-18-19-5-2-1-3-6-19/h1-17H,18H2,(H,33,36)(H,32,34,35). The largest absolute Gasteiger partial charge is 0.489 e. The summed E-state index contributed by atoms with van der Waals surface area (Å²) < 4.78 is 11.1. The lowest BCUT2D eigenvalue weighted by atomic mass is 10.1. The van der Waals surface area contributed by atoms with Gasteiger partial charge in [0.1, 0.15) is 18.2 Å². The molecule has 0 unspecified atom stereocenters. The van der Waals surface area contributed by atoms with Crippen molar-refractivity contribution in [2.75, 3.05) is 5.32 Å². The topological polar surface area (TPSA) is 93.0 Å². The SMILES string of the molecule is O=C(Nc1ccc(Cl)c(-c2nc3ncc(-c4ccc(OCc5ccccc5)cc4)cc3[nH]2)c1)c1ccco1. The highest BCUT2D eigenvalue weighted by atomic mass is 35.5. The molecular weight excluding hydrogens is 500 g/mol. The summed E-state index contributed by atoms with van der Waals surface area (Å²) >= 11 is 6.48. The molecule has 6 aromatic rings. The summed E-state index contributed by atoms with van der Waals surface area (Å²) in [6, 6.07) is 28.4. The maximum Gasteiger partial charge on any atom is 0.291 e. The Morgan fingerprint density at radius 1 is 0.947 bits per heavy atom. The van der Waals surface area contributed by atoms with Gasteiger partial charge in [-0.15, -0.1) is 0 Å². The highest BCUT2D eigenvalue weighted by Crippen LogP contribution is 2.31. The number of carbonyl (C=O) groups is 1. The van der Waals surface area contributed by atoms with Crippen LogP contribution in [-0.4, -0.2) is 20.9 Å². The molecule has 0 saturated carbocycles. The monoisotopic (exact) mass is 520 g/mol. The average molecular weight is 521 g/mol. The summed E-state index contributed by atoms with van der Waals surface area (Å²) in [7, 11) is 0. The summed E-state index contributed by atoms with van der Waals surface area (Å²) in [6.07, 6.45) is 3.24. The van der Waals surface area contributed by atoms with E-state index < -0.39 is 0 Å². The molecule has 0 aliphatic rings. The summed E-state index contributed by atoms with van der Waals surface area (Å²) in [6.45, 7) is 0.515. The molecule has 1 amide bonds. The Labute approximate surface area is 223 Å². The zero-order valence-electron chi connectivity index (χ0n) is 20.0. The van der Waals surface area contributed by atoms with Gasteiger partial charge in [-0.2, -0.15) is 0 Å². The first-order chi connectivity index (χ1) is 18.6. The van der Waals surface area contributed by atoms with Crippen molar-refractivity contribution in [3.05, 3.63) is 120 Å². The zero-order valence-corrected chi connectivity index (χ0v) is 20.8. The number of ether oxygens (including phenoxy) is 1. The lowest BCUT2D eigenvalue weighted by Gasteiger charge is -2.07. The van der Waals surface area contributed by atoms with E-state index in [-0.39, 0.29) is 11.7 Å². The molecular formula is C30H21ClN4O3. The summed E-state index contributed by atoms with van der Waals surface area (Å²) in [5.41, 5.74) is 5.59. The molecule has 0 radical (unpaired) electrons. The Kier molecular flexibility index (Phi) is 6.34. The van der Waals surface area contributed by atoms with E-state index in [0.29, 0.717) is 34.4 Å². The first-order valence-electron chi connectivity index (χ1n) is 11.9. The molecule has 186 valence electrons. The number of fused-ring (bicyclic) bond motifs is 1. The van der Waals surface area contributed by atoms with Crippen molar-refractivity contribution in [2.24, 2.45) is 0 Å². The number of nitrogens with zero attached hydrogens (tertiary/aromatic N) is 2. The number of halogens is 1. The number of aromatic amines is 1. The third-order valence-electron chi connectivity index (χ3n) is 6.00. The van der Waals surface area contributed by atoms with Crippen LogP contribution in [-0.2, 0) is 6.61 Å². The molecule has 38 heavy (non-hydrogen) atoms. The van der Waals surface area contributed by atoms with Gasteiger partial charge in [-0.1, -0.05) is 54.1 Å². The number of rotatable bonds is 7. The van der Waals surface area contributed by atoms with Crippen LogP contribution in [0.5, 0.6) is 5.75 Å². The van der Waals surface area contributed by atoms with E-state index in [9.17, 15) is 4.79 Å². The molecule has 6 rings (SSSR count). The van der Waals surface area contributed by atoms with E-state index in [4.69, 9.17) is 20.8 Å². The minimum Gasteiger partial charge on any atom is -0.489 e. The van der Waals surface area contributed by atoms with Gasteiger partial charge >= 0.3 is 0 Å². The number of furan rings is 1. The molecule has 0 saturated heterocycles. The number of carbonyl (C=O) groups excluding carboxylic acids is 1. The summed E-state index contributed by atoms with van der Waals surface area (Å²) in [5.74, 6) is 1.21. The minimum atomic E-state index is -0.351. The smallest absolute Gasteiger partial charge is 0.291 e. The number of anilines is 1. The number of H-pyrrole nitrogens is 1. The van der Waals surface area contributed by atoms with Gasteiger partial charge in [-0.25, -0.2) is 9.97 Å². The van der Waals surface area contributed by atoms with E-state index in [1.54, 1.807) is 36.5 Å². The van der Waals surface area contributed by atoms with Crippen LogP contribution in [0.4, 0.5) is 5.69 Å². The third-order valence-corrected chi connectivity index (χ3v) is 6.33. The second kappa shape index (κ2) is 10.2. The number of benzene rings is 3. The van der Waals surface area contributed by atoms with Gasteiger partial charge in [0.2, 0.25) is 0 Å². The van der Waals surface area contributed by atoms with Crippen molar-refractivity contribution >= 4 is 34.4 Å². The maximum absolute atomic E-state index is 12.4. The molecule has 7 nitrogen and oxygen atoms in total. The predicted molar refractivity (Wildman–Crippen MR) is 147 cm³/mol. The first kappa shape index (κ1) is 23.5. The van der Waals surface area contributed by atoms with Crippen LogP contribution in [0, 0.1) is 0 Å². The van der Waals surface area contributed by atoms with Crippen molar-refractivity contribution in [1.29, 1.82) is 0 Å². The van der Waals surface area contributed by atoms with E-state index in [2.05, 4.69) is 20.3 Å². The van der Waals surface area contributed by atoms with Crippen molar-refractivity contribution in [3.63, 3.8) is 0 Å². The number of amides is 1. The Hall–Kier alpha value is -4.88. The van der Waals surface area contributed by atoms with E-state index in [1.807, 2.05) is 60.7 Å². The molecule has 3 aromatic heterocycles. The molecule has 0 atom stereocenters. The van der Waals surface area contributed by atoms with Crippen molar-refractivity contribution in [2.45, 2.75) is 6.61 Å². The van der Waals surface area contributed by atoms with Crippen LogP contribution < -0.4 is 10.1 Å². The van der Waals surface area contributed by atoms with Gasteiger partial charge in [-0.3, -0.25) is 4.79 Å². The van der Waals surface area contributed by atoms with E-state index in [1.165, 1.54) is 6.26 Å². The Morgan fingerprint density at radius 3 is 2.58 bits per heavy atom. The zero-order chi connectivity index (χ0) is 25.9. The normalized spacial score (nSPS) is 11.0. The lowest BCUT2D eigenvalue weighted by Crippen LogP contribution is -2.10. The second-order valence-corrected chi connectivity index (χ2v) is 9.01. The molecule has 3 heterocycles. The first-order valence-corrected chi connectivity index (χ1v) is 12.3. The van der Waals surface area contributed by atoms with Crippen LogP contribution in [0.15, 0.2) is 108 Å². The van der Waals surface area contributed by atoms with Gasteiger partial charge in [0.15, 0.2) is 11.4 Å². The minimum absolute atomic E-state index is 0.220. The molecule has 0 fully saturated rings. The fraction of sp³-hybridized carbons (Fsp3) is 0.0333. The third kappa shape index (κ3) is 5.00. The maximum atomic E-state index is 12.4. The number of nitrogens with one attached hydrogen (secondary N) is 2. The van der Waals surface area contributed by atoms with Crippen LogP contribution in [0.2, 0.25) is 5.02 Å². The van der Waals surface area contributed by atoms with Crippen LogP contribution in [0.3, 0.4) is 0 Å². The molecule has 0 aliphatic heterocycles. The van der Waals surface area contributed by atoms with Crippen molar-refractivity contribution in [3.8, 4) is 28.3 Å². The van der Waals surface area contributed by atoms with Gasteiger partial charge in [0.25, 0.3) is 5.91 Å². The van der Waals surface area contributed by atoms with Gasteiger partial charge in [0, 0.05) is 23.0 Å². The lowest BCUT2D eigenvalue weighted by molar-refractivity contribution is 0.0996. The highest BCUT2D eigenvalue weighted by molar-refractivity contribution is 6.33. The fourth-order valence-electron chi connectivity index (χ4n) is 4.05. The predicted octanol–water partition coefficient (Wildman–Crippen LogP) is 7.37. The van der Waals surface area contributed by atoms with Crippen molar-refractivity contribution < 1.29 is 13.9 Å². The average Bonchev–Trinajstić information content (AvgIpc) is 3.64. The van der Waals surface area contributed by atoms with Crippen LogP contribution in [0.1, 0.15) is 16.1 Å². The molecule has 0 aliphatic carbocycles. The molecule has 3 aromatic carbocycles. The van der Waals surface area contributed by atoms with E-state index in [0.717, 1.165) is 28.0 Å². The van der Waals surface area contributed by atoms with Gasteiger partial charge in [0.05, 0.1) is 16.8 Å². The van der Waals surface area contributed by atoms with Crippen molar-refractivity contribution in [1.82, 2.24) is 15.0 Å². The Morgan fingerprint density at radius 2 is 1.79 bits per heavy atom. The summed E-state index contributed by atoms with van der Waals surface area (Å²) in [5, 5.41) is 3.30. The Bertz CT molecular complexity index is 1710.